The van der Waals surface area contributed by atoms with Crippen LogP contribution in [-0.4, -0.2) is 38.4 Å². The molecule has 0 heterocycles. The number of anilines is 1. The number of alkyl halides is 3. The molecule has 0 bridgehead atoms. The summed E-state index contributed by atoms with van der Waals surface area (Å²) < 4.78 is 44.5. The van der Waals surface area contributed by atoms with E-state index in [1.807, 2.05) is 5.32 Å². The van der Waals surface area contributed by atoms with Gasteiger partial charge in [-0.25, -0.2) is 4.79 Å². The van der Waals surface area contributed by atoms with Crippen molar-refractivity contribution in [3.8, 4) is 5.75 Å². The number of rotatable bonds is 5. The maximum absolute atomic E-state index is 11.8. The molecule has 6 nitrogen and oxygen atoms in total. The van der Waals surface area contributed by atoms with Gasteiger partial charge in [-0.05, 0) is 18.6 Å². The van der Waals surface area contributed by atoms with Crippen LogP contribution in [0.3, 0.4) is 0 Å². The van der Waals surface area contributed by atoms with E-state index in [0.717, 1.165) is 0 Å². The van der Waals surface area contributed by atoms with Crippen LogP contribution in [0.1, 0.15) is 5.56 Å². The van der Waals surface area contributed by atoms with Crippen LogP contribution in [0.4, 0.5) is 23.7 Å². The molecule has 2 N–H and O–H groups in total. The number of methoxy groups -OCH3 is 1. The molecule has 2 amide bonds. The van der Waals surface area contributed by atoms with Crippen molar-refractivity contribution < 1.29 is 32.2 Å². The lowest BCUT2D eigenvalue weighted by Gasteiger charge is -2.13. The number of benzene rings is 1. The van der Waals surface area contributed by atoms with Gasteiger partial charge in [0, 0.05) is 11.1 Å². The summed E-state index contributed by atoms with van der Waals surface area (Å²) in [6.07, 6.45) is -5.98. The predicted octanol–water partition coefficient (Wildman–Crippen LogP) is 2.88. The Morgan fingerprint density at radius 3 is 2.52 bits per heavy atom. The molecule has 23 heavy (non-hydrogen) atoms. The first kappa shape index (κ1) is 18.9. The number of alkyl carbamates (subject to hydrolysis) is 1. The second kappa shape index (κ2) is 7.91. The highest BCUT2D eigenvalue weighted by Gasteiger charge is 2.29. The Kier molecular flexibility index (Phi) is 6.49. The first-order valence-electron chi connectivity index (χ1n) is 6.23. The summed E-state index contributed by atoms with van der Waals surface area (Å²) in [5, 5.41) is 4.78. The molecule has 0 spiro atoms. The standard InChI is InChI=1S/C13H14ClF3N2O4/c1-7-3-9(10(22-2)4-8(7)14)19-11(20)5-18-12(21)23-6-13(15,16)17/h3-4H,5-6H2,1-2H3,(H,18,21)(H,19,20). The van der Waals surface area contributed by atoms with Crippen LogP contribution in [-0.2, 0) is 9.53 Å². The van der Waals surface area contributed by atoms with Gasteiger partial charge in [0.1, 0.15) is 12.3 Å². The molecule has 0 aliphatic rings. The number of carbonyl (C=O) groups is 2. The van der Waals surface area contributed by atoms with Crippen LogP contribution in [0.15, 0.2) is 12.1 Å². The molecule has 0 aliphatic heterocycles. The number of nitrogens with one attached hydrogen (secondary N) is 2. The summed E-state index contributed by atoms with van der Waals surface area (Å²) in [5.41, 5.74) is 0.991. The lowest BCUT2D eigenvalue weighted by molar-refractivity contribution is -0.160. The minimum Gasteiger partial charge on any atom is -0.495 e. The molecule has 10 heteroatoms. The highest BCUT2D eigenvalue weighted by atomic mass is 35.5. The fourth-order valence-corrected chi connectivity index (χ4v) is 1.63. The molecular weight excluding hydrogens is 341 g/mol. The molecule has 1 rings (SSSR count). The van der Waals surface area contributed by atoms with Crippen LogP contribution in [0.25, 0.3) is 0 Å². The van der Waals surface area contributed by atoms with Gasteiger partial charge >= 0.3 is 12.3 Å². The highest BCUT2D eigenvalue weighted by Crippen LogP contribution is 2.30. The monoisotopic (exact) mass is 354 g/mol. The van der Waals surface area contributed by atoms with Gasteiger partial charge in [-0.15, -0.1) is 0 Å². The fourth-order valence-electron chi connectivity index (χ4n) is 1.48. The second-order valence-corrected chi connectivity index (χ2v) is 4.80. The topological polar surface area (TPSA) is 76.7 Å². The van der Waals surface area contributed by atoms with E-state index in [4.69, 9.17) is 16.3 Å². The predicted molar refractivity (Wildman–Crippen MR) is 76.8 cm³/mol. The molecular formula is C13H14ClF3N2O4. The fraction of sp³-hybridized carbons (Fsp3) is 0.385. The van der Waals surface area contributed by atoms with Gasteiger partial charge < -0.3 is 20.1 Å². The van der Waals surface area contributed by atoms with Crippen LogP contribution in [0, 0.1) is 6.92 Å². The minimum absolute atomic E-state index is 0.300. The number of hydrogen-bond donors (Lipinski definition) is 2. The summed E-state index contributed by atoms with van der Waals surface area (Å²) in [5.74, 6) is -0.373. The minimum atomic E-state index is -4.63. The SMILES string of the molecule is COc1cc(Cl)c(C)cc1NC(=O)CNC(=O)OCC(F)(F)F. The Morgan fingerprint density at radius 2 is 1.96 bits per heavy atom. The van der Waals surface area contributed by atoms with Gasteiger partial charge in [0.05, 0.1) is 12.8 Å². The average Bonchev–Trinajstić information content (AvgIpc) is 2.45. The van der Waals surface area contributed by atoms with E-state index >= 15 is 0 Å². The summed E-state index contributed by atoms with van der Waals surface area (Å²) in [6, 6.07) is 3.05. The second-order valence-electron chi connectivity index (χ2n) is 4.39. The van der Waals surface area contributed by atoms with Gasteiger partial charge in [-0.3, -0.25) is 4.79 Å². The van der Waals surface area contributed by atoms with Crippen LogP contribution < -0.4 is 15.4 Å². The molecule has 128 valence electrons. The number of hydrogen-bond acceptors (Lipinski definition) is 4. The quantitative estimate of drug-likeness (QED) is 0.852. The van der Waals surface area contributed by atoms with E-state index in [1.54, 1.807) is 13.0 Å². The third kappa shape index (κ3) is 6.64. The third-order valence-corrected chi connectivity index (χ3v) is 2.92. The van der Waals surface area contributed by atoms with Crippen LogP contribution in [0.2, 0.25) is 5.02 Å². The zero-order valence-corrected chi connectivity index (χ0v) is 13.0. The van der Waals surface area contributed by atoms with E-state index in [0.29, 0.717) is 22.0 Å². The third-order valence-electron chi connectivity index (χ3n) is 2.52. The summed E-state index contributed by atoms with van der Waals surface area (Å²) >= 11 is 5.92. The van der Waals surface area contributed by atoms with Crippen molar-refractivity contribution in [3.63, 3.8) is 0 Å². The van der Waals surface area contributed by atoms with Crippen molar-refractivity contribution in [3.05, 3.63) is 22.7 Å². The smallest absolute Gasteiger partial charge is 0.422 e. The van der Waals surface area contributed by atoms with E-state index in [-0.39, 0.29) is 0 Å². The molecule has 1 aromatic rings. The Bertz CT molecular complexity index is 593. The van der Waals surface area contributed by atoms with E-state index in [2.05, 4.69) is 10.1 Å². The number of carbonyl (C=O) groups excluding carboxylic acids is 2. The first-order chi connectivity index (χ1) is 10.6. The Balaban J connectivity index is 2.54. The maximum Gasteiger partial charge on any atom is 0.422 e. The molecule has 0 saturated carbocycles. The first-order valence-corrected chi connectivity index (χ1v) is 6.61. The molecule has 0 saturated heterocycles. The van der Waals surface area contributed by atoms with E-state index in [9.17, 15) is 22.8 Å². The van der Waals surface area contributed by atoms with Crippen molar-refractivity contribution in [1.29, 1.82) is 0 Å². The molecule has 0 radical (unpaired) electrons. The molecule has 0 unspecified atom stereocenters. The summed E-state index contributed by atoms with van der Waals surface area (Å²) in [6.45, 7) is -0.587. The average molecular weight is 355 g/mol. The number of halogens is 4. The van der Waals surface area contributed by atoms with Gasteiger partial charge in [0.15, 0.2) is 6.61 Å². The van der Waals surface area contributed by atoms with Crippen LogP contribution >= 0.6 is 11.6 Å². The maximum atomic E-state index is 11.8. The van der Waals surface area contributed by atoms with Crippen molar-refractivity contribution >= 4 is 29.3 Å². The zero-order chi connectivity index (χ0) is 17.6. The van der Waals surface area contributed by atoms with Gasteiger partial charge in [-0.2, -0.15) is 13.2 Å². The van der Waals surface area contributed by atoms with Gasteiger partial charge in [0.25, 0.3) is 0 Å². The lowest BCUT2D eigenvalue weighted by Crippen LogP contribution is -2.35. The number of ether oxygens (including phenoxy) is 2. The van der Waals surface area contributed by atoms with Gasteiger partial charge in [-0.1, -0.05) is 11.6 Å². The van der Waals surface area contributed by atoms with Crippen molar-refractivity contribution in [2.75, 3.05) is 25.6 Å². The zero-order valence-electron chi connectivity index (χ0n) is 12.2. The van der Waals surface area contributed by atoms with Gasteiger partial charge in [0.2, 0.25) is 5.91 Å². The summed E-state index contributed by atoms with van der Waals surface area (Å²) in [7, 11) is 1.38. The van der Waals surface area contributed by atoms with Crippen molar-refractivity contribution in [2.24, 2.45) is 0 Å². The highest BCUT2D eigenvalue weighted by molar-refractivity contribution is 6.31. The summed E-state index contributed by atoms with van der Waals surface area (Å²) in [4.78, 5) is 22.7. The molecule has 0 fully saturated rings. The van der Waals surface area contributed by atoms with E-state index < -0.39 is 31.3 Å². The molecule has 1 aromatic carbocycles. The molecule has 0 atom stereocenters. The van der Waals surface area contributed by atoms with Crippen molar-refractivity contribution in [1.82, 2.24) is 5.32 Å². The Labute approximate surface area is 134 Å². The molecule has 0 aliphatic carbocycles. The lowest BCUT2D eigenvalue weighted by atomic mass is 10.2. The van der Waals surface area contributed by atoms with E-state index in [1.165, 1.54) is 13.2 Å². The van der Waals surface area contributed by atoms with Crippen molar-refractivity contribution in [2.45, 2.75) is 13.1 Å². The normalized spacial score (nSPS) is 10.9. The Morgan fingerprint density at radius 1 is 1.30 bits per heavy atom. The van der Waals surface area contributed by atoms with Crippen LogP contribution in [0.5, 0.6) is 5.75 Å². The largest absolute Gasteiger partial charge is 0.495 e. The number of aryl methyl sites for hydroxylation is 1. The number of amides is 2. The Hall–Kier alpha value is -2.16. The molecule has 0 aromatic heterocycles.